The van der Waals surface area contributed by atoms with E-state index in [2.05, 4.69) is 6.92 Å². The number of esters is 1. The maximum atomic E-state index is 11.5. The third-order valence-electron chi connectivity index (χ3n) is 2.84. The zero-order valence-corrected chi connectivity index (χ0v) is 9.41. The lowest BCUT2D eigenvalue weighted by molar-refractivity contribution is -0.139. The molecule has 1 atom stereocenters. The SMILES string of the molecule is CCC1CCC(=O)C(=CCOC(C)=O)C1. The highest BCUT2D eigenvalue weighted by Crippen LogP contribution is 2.27. The molecule has 1 unspecified atom stereocenters. The predicted octanol–water partition coefficient (Wildman–Crippen LogP) is 2.26. The van der Waals surface area contributed by atoms with Crippen molar-refractivity contribution in [2.45, 2.75) is 39.5 Å². The van der Waals surface area contributed by atoms with E-state index in [4.69, 9.17) is 4.74 Å². The average Bonchev–Trinajstić information content (AvgIpc) is 2.20. The summed E-state index contributed by atoms with van der Waals surface area (Å²) in [6, 6.07) is 0. The lowest BCUT2D eigenvalue weighted by Gasteiger charge is -2.21. The molecule has 0 aromatic heterocycles. The molecule has 0 aromatic rings. The van der Waals surface area contributed by atoms with Crippen LogP contribution in [0, 0.1) is 5.92 Å². The lowest BCUT2D eigenvalue weighted by Crippen LogP contribution is -2.17. The van der Waals surface area contributed by atoms with Gasteiger partial charge in [-0.3, -0.25) is 9.59 Å². The monoisotopic (exact) mass is 210 g/mol. The third-order valence-corrected chi connectivity index (χ3v) is 2.84. The molecule has 0 N–H and O–H groups in total. The van der Waals surface area contributed by atoms with Crippen molar-refractivity contribution in [2.24, 2.45) is 5.92 Å². The first-order chi connectivity index (χ1) is 7.13. The number of hydrogen-bond donors (Lipinski definition) is 0. The van der Waals surface area contributed by atoms with Gasteiger partial charge in [0.2, 0.25) is 0 Å². The third kappa shape index (κ3) is 3.86. The minimum Gasteiger partial charge on any atom is -0.462 e. The molecule has 0 aliphatic heterocycles. The van der Waals surface area contributed by atoms with Crippen molar-refractivity contribution in [3.8, 4) is 0 Å². The highest BCUT2D eigenvalue weighted by atomic mass is 16.5. The molecule has 1 aliphatic rings. The molecule has 1 rings (SSSR count). The predicted molar refractivity (Wildman–Crippen MR) is 57.4 cm³/mol. The highest BCUT2D eigenvalue weighted by molar-refractivity contribution is 5.96. The van der Waals surface area contributed by atoms with Gasteiger partial charge < -0.3 is 4.74 Å². The van der Waals surface area contributed by atoms with Crippen LogP contribution in [0.25, 0.3) is 0 Å². The van der Waals surface area contributed by atoms with E-state index >= 15 is 0 Å². The Kier molecular flexibility index (Phi) is 4.53. The smallest absolute Gasteiger partial charge is 0.302 e. The van der Waals surface area contributed by atoms with Gasteiger partial charge in [0.25, 0.3) is 0 Å². The molecule has 84 valence electrons. The van der Waals surface area contributed by atoms with Gasteiger partial charge in [-0.1, -0.05) is 13.3 Å². The van der Waals surface area contributed by atoms with Gasteiger partial charge in [0.1, 0.15) is 6.61 Å². The standard InChI is InChI=1S/C12H18O3/c1-3-10-4-5-12(14)11(8-10)6-7-15-9(2)13/h6,10H,3-5,7-8H2,1-2H3. The van der Waals surface area contributed by atoms with Gasteiger partial charge in [0.15, 0.2) is 5.78 Å². The van der Waals surface area contributed by atoms with Crippen LogP contribution in [0.5, 0.6) is 0 Å². The Morgan fingerprint density at radius 3 is 2.93 bits per heavy atom. The van der Waals surface area contributed by atoms with E-state index < -0.39 is 0 Å². The van der Waals surface area contributed by atoms with Gasteiger partial charge in [-0.25, -0.2) is 0 Å². The fraction of sp³-hybridized carbons (Fsp3) is 0.667. The minimum atomic E-state index is -0.304. The maximum absolute atomic E-state index is 11.5. The van der Waals surface area contributed by atoms with E-state index in [1.54, 1.807) is 6.08 Å². The maximum Gasteiger partial charge on any atom is 0.302 e. The highest BCUT2D eigenvalue weighted by Gasteiger charge is 2.21. The van der Waals surface area contributed by atoms with Crippen molar-refractivity contribution in [1.29, 1.82) is 0 Å². The molecule has 0 aromatic carbocycles. The summed E-state index contributed by atoms with van der Waals surface area (Å²) in [5, 5.41) is 0. The number of ether oxygens (including phenoxy) is 1. The number of carbonyl (C=O) groups excluding carboxylic acids is 2. The van der Waals surface area contributed by atoms with E-state index in [9.17, 15) is 9.59 Å². The van der Waals surface area contributed by atoms with Crippen LogP contribution in [0.3, 0.4) is 0 Å². The first-order valence-corrected chi connectivity index (χ1v) is 5.49. The van der Waals surface area contributed by atoms with Crippen LogP contribution in [0.15, 0.2) is 11.6 Å². The minimum absolute atomic E-state index is 0.215. The molecule has 1 aliphatic carbocycles. The average molecular weight is 210 g/mol. The summed E-state index contributed by atoms with van der Waals surface area (Å²) in [6.45, 7) is 3.74. The lowest BCUT2D eigenvalue weighted by atomic mass is 9.83. The molecule has 1 fully saturated rings. The first-order valence-electron chi connectivity index (χ1n) is 5.49. The van der Waals surface area contributed by atoms with Gasteiger partial charge in [-0.2, -0.15) is 0 Å². The molecule has 0 radical (unpaired) electrons. The molecule has 0 heterocycles. The number of carbonyl (C=O) groups is 2. The van der Waals surface area contributed by atoms with Gasteiger partial charge in [-0.05, 0) is 30.4 Å². The zero-order chi connectivity index (χ0) is 11.3. The van der Waals surface area contributed by atoms with Crippen LogP contribution < -0.4 is 0 Å². The van der Waals surface area contributed by atoms with Crippen molar-refractivity contribution in [2.75, 3.05) is 6.61 Å². The molecule has 0 amide bonds. The fourth-order valence-corrected chi connectivity index (χ4v) is 1.83. The Labute approximate surface area is 90.5 Å². The van der Waals surface area contributed by atoms with E-state index in [1.165, 1.54) is 6.92 Å². The van der Waals surface area contributed by atoms with Crippen molar-refractivity contribution < 1.29 is 14.3 Å². The normalized spacial score (nSPS) is 24.3. The summed E-state index contributed by atoms with van der Waals surface area (Å²) >= 11 is 0. The Morgan fingerprint density at radius 1 is 1.60 bits per heavy atom. The van der Waals surface area contributed by atoms with E-state index in [1.807, 2.05) is 0 Å². The number of allylic oxidation sites excluding steroid dienone is 1. The summed E-state index contributed by atoms with van der Waals surface area (Å²) in [7, 11) is 0. The number of ketones is 1. The van der Waals surface area contributed by atoms with Crippen LogP contribution in [-0.4, -0.2) is 18.4 Å². The number of Topliss-reactive ketones (excluding diaryl/α,β-unsaturated/α-hetero) is 1. The zero-order valence-electron chi connectivity index (χ0n) is 9.41. The second kappa shape index (κ2) is 5.69. The van der Waals surface area contributed by atoms with E-state index in [0.29, 0.717) is 12.3 Å². The van der Waals surface area contributed by atoms with Crippen molar-refractivity contribution in [3.63, 3.8) is 0 Å². The number of rotatable bonds is 3. The van der Waals surface area contributed by atoms with Crippen LogP contribution >= 0.6 is 0 Å². The van der Waals surface area contributed by atoms with Crippen LogP contribution in [0.2, 0.25) is 0 Å². The van der Waals surface area contributed by atoms with Crippen molar-refractivity contribution in [3.05, 3.63) is 11.6 Å². The van der Waals surface area contributed by atoms with Gasteiger partial charge in [-0.15, -0.1) is 0 Å². The summed E-state index contributed by atoms with van der Waals surface area (Å²) in [4.78, 5) is 22.1. The number of hydrogen-bond acceptors (Lipinski definition) is 3. The Hall–Kier alpha value is -1.12. The molecule has 1 saturated carbocycles. The molecule has 15 heavy (non-hydrogen) atoms. The summed E-state index contributed by atoms with van der Waals surface area (Å²) in [5.41, 5.74) is 0.842. The molecule has 0 spiro atoms. The summed E-state index contributed by atoms with van der Waals surface area (Å²) in [5.74, 6) is 0.528. The van der Waals surface area contributed by atoms with Crippen molar-refractivity contribution in [1.82, 2.24) is 0 Å². The largest absolute Gasteiger partial charge is 0.462 e. The van der Waals surface area contributed by atoms with Crippen molar-refractivity contribution >= 4 is 11.8 Å². The molecular weight excluding hydrogens is 192 g/mol. The van der Waals surface area contributed by atoms with E-state index in [-0.39, 0.29) is 18.4 Å². The Morgan fingerprint density at radius 2 is 2.33 bits per heavy atom. The fourth-order valence-electron chi connectivity index (χ4n) is 1.83. The first kappa shape index (κ1) is 12.0. The molecule has 0 bridgehead atoms. The topological polar surface area (TPSA) is 43.4 Å². The van der Waals surface area contributed by atoms with Crippen LogP contribution in [0.1, 0.15) is 39.5 Å². The molecular formula is C12H18O3. The Bertz CT molecular complexity index is 279. The second-order valence-corrected chi connectivity index (χ2v) is 3.97. The van der Waals surface area contributed by atoms with Crippen LogP contribution in [0.4, 0.5) is 0 Å². The van der Waals surface area contributed by atoms with Gasteiger partial charge in [0.05, 0.1) is 0 Å². The molecule has 3 nitrogen and oxygen atoms in total. The van der Waals surface area contributed by atoms with E-state index in [0.717, 1.165) is 24.8 Å². The van der Waals surface area contributed by atoms with Gasteiger partial charge >= 0.3 is 5.97 Å². The van der Waals surface area contributed by atoms with Gasteiger partial charge in [0, 0.05) is 13.3 Å². The quantitative estimate of drug-likeness (QED) is 0.530. The second-order valence-electron chi connectivity index (χ2n) is 3.97. The van der Waals surface area contributed by atoms with Crippen LogP contribution in [-0.2, 0) is 14.3 Å². The summed E-state index contributed by atoms with van der Waals surface area (Å²) < 4.78 is 4.79. The summed E-state index contributed by atoms with van der Waals surface area (Å²) in [6.07, 6.45) is 5.35. The molecule has 0 saturated heterocycles. The Balaban J connectivity index is 2.49. The molecule has 3 heteroatoms.